The summed E-state index contributed by atoms with van der Waals surface area (Å²) in [6.45, 7) is 2.88. The highest BCUT2D eigenvalue weighted by atomic mass is 35.5. The quantitative estimate of drug-likeness (QED) is 0.632. The molecule has 0 unspecified atom stereocenters. The Balaban J connectivity index is 1.46. The average molecular weight is 466 g/mol. The number of nitrogens with one attached hydrogen (secondary N) is 2. The van der Waals surface area contributed by atoms with Gasteiger partial charge in [0.1, 0.15) is 11.4 Å². The fourth-order valence-corrected chi connectivity index (χ4v) is 4.25. The van der Waals surface area contributed by atoms with Gasteiger partial charge in [0.15, 0.2) is 17.4 Å². The van der Waals surface area contributed by atoms with Crippen molar-refractivity contribution in [1.29, 1.82) is 0 Å². The number of nitrogens with zero attached hydrogens (tertiary/aromatic N) is 3. The Morgan fingerprint density at radius 3 is 2.50 bits per heavy atom. The number of carbonyl (C=O) groups excluding carboxylic acids is 2. The Hall–Kier alpha value is -2.56. The molecule has 0 bridgehead atoms. The van der Waals surface area contributed by atoms with Crippen molar-refractivity contribution in [2.45, 2.75) is 50.0 Å². The van der Waals surface area contributed by atoms with Gasteiger partial charge in [-0.25, -0.2) is 14.1 Å². The molecule has 32 heavy (non-hydrogen) atoms. The van der Waals surface area contributed by atoms with Gasteiger partial charge < -0.3 is 20.1 Å². The summed E-state index contributed by atoms with van der Waals surface area (Å²) in [6.07, 6.45) is 5.65. The minimum atomic E-state index is -1.10. The third-order valence-electron chi connectivity index (χ3n) is 6.02. The van der Waals surface area contributed by atoms with Crippen molar-refractivity contribution in [3.8, 4) is 5.82 Å². The van der Waals surface area contributed by atoms with Crippen LogP contribution in [0, 0.1) is 5.82 Å². The van der Waals surface area contributed by atoms with Crippen molar-refractivity contribution in [3.05, 3.63) is 42.1 Å². The molecule has 2 aliphatic rings. The summed E-state index contributed by atoms with van der Waals surface area (Å²) in [5.41, 5.74) is -0.343. The predicted octanol–water partition coefficient (Wildman–Crippen LogP) is 1.99. The zero-order valence-electron chi connectivity index (χ0n) is 17.6. The van der Waals surface area contributed by atoms with E-state index in [9.17, 15) is 14.0 Å². The zero-order valence-corrected chi connectivity index (χ0v) is 18.4. The molecule has 1 spiro atoms. The van der Waals surface area contributed by atoms with Crippen molar-refractivity contribution in [2.24, 2.45) is 0 Å². The maximum Gasteiger partial charge on any atom is 0.246 e. The Labute approximate surface area is 189 Å². The van der Waals surface area contributed by atoms with E-state index in [2.05, 4.69) is 20.7 Å². The molecule has 2 N–H and O–H groups in total. The first-order valence-electron chi connectivity index (χ1n) is 10.5. The van der Waals surface area contributed by atoms with E-state index >= 15 is 0 Å². The topological polar surface area (TPSA) is 107 Å². The summed E-state index contributed by atoms with van der Waals surface area (Å²) in [7, 11) is 0. The van der Waals surface area contributed by atoms with Gasteiger partial charge in [0.2, 0.25) is 11.8 Å². The van der Waals surface area contributed by atoms with Gasteiger partial charge in [-0.05, 0) is 31.4 Å². The maximum atomic E-state index is 13.3. The van der Waals surface area contributed by atoms with Crippen LogP contribution in [0.3, 0.4) is 0 Å². The number of pyridine rings is 1. The van der Waals surface area contributed by atoms with Crippen LogP contribution in [0.25, 0.3) is 5.82 Å². The standard InChI is InChI=1S/C21H25ClFN5O4/c1-14(15-2-3-17(24-11-15)28-13-16(23)12-25-28)26-19(30)20(27-18(29)10-22)4-6-21(7-5-20)31-8-9-32-21/h2-3,11-14H,4-10H2,1H3,(H,26,30)(H,27,29)/t14-/m0/s1. The summed E-state index contributed by atoms with van der Waals surface area (Å²) in [4.78, 5) is 29.7. The number of rotatable bonds is 6. The number of amides is 2. The molecule has 4 rings (SSSR count). The lowest BCUT2D eigenvalue weighted by atomic mass is 9.77. The van der Waals surface area contributed by atoms with Gasteiger partial charge in [-0.15, -0.1) is 11.6 Å². The van der Waals surface area contributed by atoms with Crippen LogP contribution in [0.2, 0.25) is 0 Å². The number of hydrogen-bond acceptors (Lipinski definition) is 6. The van der Waals surface area contributed by atoms with Crippen LogP contribution in [0.4, 0.5) is 4.39 Å². The Kier molecular flexibility index (Phi) is 6.45. The lowest BCUT2D eigenvalue weighted by Gasteiger charge is -2.43. The minimum Gasteiger partial charge on any atom is -0.348 e. The number of ether oxygens (including phenoxy) is 2. The van der Waals surface area contributed by atoms with Crippen LogP contribution in [-0.2, 0) is 19.1 Å². The molecule has 1 saturated heterocycles. The molecule has 1 aliphatic heterocycles. The van der Waals surface area contributed by atoms with E-state index in [0.29, 0.717) is 44.7 Å². The summed E-state index contributed by atoms with van der Waals surface area (Å²) < 4.78 is 26.0. The number of halogens is 2. The number of aromatic nitrogens is 3. The van der Waals surface area contributed by atoms with Gasteiger partial charge in [-0.2, -0.15) is 5.10 Å². The smallest absolute Gasteiger partial charge is 0.246 e. The summed E-state index contributed by atoms with van der Waals surface area (Å²) in [5.74, 6) is -1.61. The zero-order chi connectivity index (χ0) is 22.8. The van der Waals surface area contributed by atoms with Crippen LogP contribution in [-0.4, -0.2) is 57.0 Å². The fourth-order valence-electron chi connectivity index (χ4n) is 4.19. The second kappa shape index (κ2) is 9.13. The van der Waals surface area contributed by atoms with Gasteiger partial charge in [0.25, 0.3) is 0 Å². The Bertz CT molecular complexity index is 967. The largest absolute Gasteiger partial charge is 0.348 e. The maximum absolute atomic E-state index is 13.3. The molecule has 0 radical (unpaired) electrons. The molecule has 2 amide bonds. The fraction of sp³-hybridized carbons (Fsp3) is 0.524. The SMILES string of the molecule is C[C@H](NC(=O)C1(NC(=O)CCl)CCC2(CC1)OCCO2)c1ccc(-n2cc(F)cn2)nc1. The van der Waals surface area contributed by atoms with Gasteiger partial charge in [0.05, 0.1) is 31.6 Å². The van der Waals surface area contributed by atoms with E-state index in [4.69, 9.17) is 21.1 Å². The van der Waals surface area contributed by atoms with Crippen molar-refractivity contribution in [1.82, 2.24) is 25.4 Å². The van der Waals surface area contributed by atoms with Crippen LogP contribution in [0.15, 0.2) is 30.7 Å². The van der Waals surface area contributed by atoms with E-state index in [-0.39, 0.29) is 17.8 Å². The van der Waals surface area contributed by atoms with Crippen molar-refractivity contribution >= 4 is 23.4 Å². The number of hydrogen-bond donors (Lipinski definition) is 2. The third kappa shape index (κ3) is 4.62. The van der Waals surface area contributed by atoms with Crippen molar-refractivity contribution < 1.29 is 23.5 Å². The molecule has 0 aromatic carbocycles. The first-order chi connectivity index (χ1) is 15.3. The van der Waals surface area contributed by atoms with Crippen LogP contribution >= 0.6 is 11.6 Å². The Morgan fingerprint density at radius 1 is 1.22 bits per heavy atom. The molecule has 2 aromatic heterocycles. The predicted molar refractivity (Wildman–Crippen MR) is 113 cm³/mol. The van der Waals surface area contributed by atoms with Crippen molar-refractivity contribution in [3.63, 3.8) is 0 Å². The molecular formula is C21H25ClFN5O4. The number of alkyl halides is 1. The van der Waals surface area contributed by atoms with E-state index in [1.807, 2.05) is 6.92 Å². The number of carbonyl (C=O) groups is 2. The van der Waals surface area contributed by atoms with E-state index in [1.54, 1.807) is 18.3 Å². The molecule has 172 valence electrons. The van der Waals surface area contributed by atoms with E-state index in [0.717, 1.165) is 11.8 Å². The normalized spacial score (nSPS) is 20.1. The van der Waals surface area contributed by atoms with Crippen molar-refractivity contribution in [2.75, 3.05) is 19.1 Å². The molecule has 1 aliphatic carbocycles. The molecule has 3 heterocycles. The Morgan fingerprint density at radius 2 is 1.94 bits per heavy atom. The minimum absolute atomic E-state index is 0.234. The second-order valence-corrected chi connectivity index (χ2v) is 8.39. The first-order valence-corrected chi connectivity index (χ1v) is 11.0. The summed E-state index contributed by atoms with van der Waals surface area (Å²) in [5, 5.41) is 9.68. The molecule has 9 nitrogen and oxygen atoms in total. The molecule has 2 fully saturated rings. The highest BCUT2D eigenvalue weighted by Crippen LogP contribution is 2.40. The van der Waals surface area contributed by atoms with Crippen LogP contribution < -0.4 is 10.6 Å². The molecule has 1 atom stereocenters. The molecular weight excluding hydrogens is 441 g/mol. The lowest BCUT2D eigenvalue weighted by Crippen LogP contribution is -2.62. The molecule has 1 saturated carbocycles. The highest BCUT2D eigenvalue weighted by molar-refractivity contribution is 6.27. The third-order valence-corrected chi connectivity index (χ3v) is 6.26. The lowest BCUT2D eigenvalue weighted by molar-refractivity contribution is -0.188. The molecule has 2 aromatic rings. The second-order valence-electron chi connectivity index (χ2n) is 8.12. The highest BCUT2D eigenvalue weighted by Gasteiger charge is 2.50. The van der Waals surface area contributed by atoms with Crippen LogP contribution in [0.1, 0.15) is 44.2 Å². The van der Waals surface area contributed by atoms with Gasteiger partial charge >= 0.3 is 0 Å². The molecule has 11 heteroatoms. The van der Waals surface area contributed by atoms with E-state index < -0.39 is 23.1 Å². The van der Waals surface area contributed by atoms with Gasteiger partial charge in [-0.3, -0.25) is 9.59 Å². The average Bonchev–Trinajstić information content (AvgIpc) is 3.45. The summed E-state index contributed by atoms with van der Waals surface area (Å²) >= 11 is 5.70. The van der Waals surface area contributed by atoms with E-state index in [1.165, 1.54) is 10.9 Å². The first kappa shape index (κ1) is 22.6. The summed E-state index contributed by atoms with van der Waals surface area (Å²) in [6, 6.07) is 3.10. The monoisotopic (exact) mass is 465 g/mol. The van der Waals surface area contributed by atoms with Gasteiger partial charge in [0, 0.05) is 19.0 Å². The van der Waals surface area contributed by atoms with Gasteiger partial charge in [-0.1, -0.05) is 6.07 Å². The van der Waals surface area contributed by atoms with Crippen LogP contribution in [0.5, 0.6) is 0 Å².